The molecule has 0 aliphatic heterocycles. The number of benzene rings is 3. The lowest BCUT2D eigenvalue weighted by Gasteiger charge is -2.33. The first-order valence-electron chi connectivity index (χ1n) is 12.7. The van der Waals surface area contributed by atoms with Gasteiger partial charge in [0.2, 0.25) is 11.8 Å². The molecule has 1 N–H and O–H groups in total. The summed E-state index contributed by atoms with van der Waals surface area (Å²) >= 11 is 6.19. The lowest BCUT2D eigenvalue weighted by molar-refractivity contribution is -0.139. The summed E-state index contributed by atoms with van der Waals surface area (Å²) in [5.74, 6) is -0.727. The number of anilines is 1. The Kier molecular flexibility index (Phi) is 10.7. The van der Waals surface area contributed by atoms with Gasteiger partial charge in [0.15, 0.2) is 0 Å². The predicted molar refractivity (Wildman–Crippen MR) is 152 cm³/mol. The van der Waals surface area contributed by atoms with Crippen LogP contribution in [-0.4, -0.2) is 50.8 Å². The summed E-state index contributed by atoms with van der Waals surface area (Å²) in [5, 5.41) is 3.23. The second-order valence-electron chi connectivity index (χ2n) is 8.84. The minimum Gasteiger partial charge on any atom is -0.354 e. The number of carbonyl (C=O) groups is 2. The van der Waals surface area contributed by atoms with Gasteiger partial charge in [-0.25, -0.2) is 8.42 Å². The van der Waals surface area contributed by atoms with Crippen molar-refractivity contribution in [2.45, 2.75) is 44.0 Å². The van der Waals surface area contributed by atoms with E-state index >= 15 is 0 Å². The highest BCUT2D eigenvalue weighted by molar-refractivity contribution is 7.92. The molecule has 0 aliphatic rings. The van der Waals surface area contributed by atoms with Crippen molar-refractivity contribution in [3.8, 4) is 0 Å². The maximum absolute atomic E-state index is 13.9. The van der Waals surface area contributed by atoms with Crippen LogP contribution in [0.4, 0.5) is 5.69 Å². The van der Waals surface area contributed by atoms with E-state index in [-0.39, 0.29) is 23.0 Å². The van der Waals surface area contributed by atoms with Gasteiger partial charge < -0.3 is 10.2 Å². The van der Waals surface area contributed by atoms with Crippen molar-refractivity contribution in [3.63, 3.8) is 0 Å². The van der Waals surface area contributed by atoms with Gasteiger partial charge in [-0.05, 0) is 55.2 Å². The highest BCUT2D eigenvalue weighted by Gasteiger charge is 2.33. The van der Waals surface area contributed by atoms with Crippen LogP contribution in [0.25, 0.3) is 0 Å². The number of rotatable bonds is 13. The highest BCUT2D eigenvalue weighted by Crippen LogP contribution is 2.26. The van der Waals surface area contributed by atoms with Crippen molar-refractivity contribution in [1.82, 2.24) is 10.2 Å². The van der Waals surface area contributed by atoms with Crippen molar-refractivity contribution >= 4 is 39.1 Å². The van der Waals surface area contributed by atoms with Crippen LogP contribution in [0, 0.1) is 0 Å². The van der Waals surface area contributed by atoms with Crippen LogP contribution >= 0.6 is 11.6 Å². The van der Waals surface area contributed by atoms with Gasteiger partial charge in [-0.2, -0.15) is 0 Å². The second kappa shape index (κ2) is 14.0. The molecule has 0 aliphatic carbocycles. The lowest BCUT2D eigenvalue weighted by Crippen LogP contribution is -2.53. The van der Waals surface area contributed by atoms with Crippen molar-refractivity contribution in [2.24, 2.45) is 0 Å². The van der Waals surface area contributed by atoms with E-state index in [0.717, 1.165) is 16.3 Å². The molecule has 202 valence electrons. The zero-order chi connectivity index (χ0) is 27.5. The van der Waals surface area contributed by atoms with Crippen LogP contribution in [0.15, 0.2) is 89.8 Å². The summed E-state index contributed by atoms with van der Waals surface area (Å²) in [4.78, 5) is 28.5. The first-order valence-corrected chi connectivity index (χ1v) is 14.5. The molecule has 0 saturated carbocycles. The minimum absolute atomic E-state index is 0.0522. The van der Waals surface area contributed by atoms with Crippen molar-refractivity contribution in [1.29, 1.82) is 0 Å². The van der Waals surface area contributed by atoms with E-state index in [2.05, 4.69) is 5.32 Å². The molecule has 3 aromatic carbocycles. The number of nitrogens with one attached hydrogen (secondary N) is 1. The Balaban J connectivity index is 1.98. The number of hydrogen-bond donors (Lipinski definition) is 1. The molecular formula is C29H34ClN3O4S. The average molecular weight is 556 g/mol. The van der Waals surface area contributed by atoms with Gasteiger partial charge >= 0.3 is 0 Å². The van der Waals surface area contributed by atoms with Crippen LogP contribution in [0.2, 0.25) is 5.02 Å². The van der Waals surface area contributed by atoms with Gasteiger partial charge in [-0.15, -0.1) is 0 Å². The normalized spacial score (nSPS) is 12.0. The molecule has 1 unspecified atom stereocenters. The first kappa shape index (κ1) is 29.2. The van der Waals surface area contributed by atoms with Crippen molar-refractivity contribution in [3.05, 3.63) is 95.5 Å². The molecule has 2 amide bonds. The van der Waals surface area contributed by atoms with Gasteiger partial charge in [-0.3, -0.25) is 13.9 Å². The van der Waals surface area contributed by atoms with Gasteiger partial charge in [0.1, 0.15) is 12.6 Å². The summed E-state index contributed by atoms with van der Waals surface area (Å²) < 4.78 is 28.5. The van der Waals surface area contributed by atoms with Crippen LogP contribution in [0.5, 0.6) is 0 Å². The average Bonchev–Trinajstić information content (AvgIpc) is 2.93. The molecule has 0 radical (unpaired) electrons. The third-order valence-corrected chi connectivity index (χ3v) is 8.15. The topological polar surface area (TPSA) is 86.8 Å². The zero-order valence-electron chi connectivity index (χ0n) is 21.7. The monoisotopic (exact) mass is 555 g/mol. The molecule has 0 saturated heterocycles. The van der Waals surface area contributed by atoms with Crippen molar-refractivity contribution in [2.75, 3.05) is 23.9 Å². The molecular weight excluding hydrogens is 522 g/mol. The molecule has 1 atom stereocenters. The molecule has 0 fully saturated rings. The highest BCUT2D eigenvalue weighted by atomic mass is 35.5. The van der Waals surface area contributed by atoms with E-state index in [1.54, 1.807) is 36.4 Å². The lowest BCUT2D eigenvalue weighted by atomic mass is 10.1. The zero-order valence-corrected chi connectivity index (χ0v) is 23.3. The van der Waals surface area contributed by atoms with Gasteiger partial charge in [0, 0.05) is 18.1 Å². The largest absolute Gasteiger partial charge is 0.354 e. The molecule has 0 spiro atoms. The van der Waals surface area contributed by atoms with Crippen LogP contribution in [0.1, 0.15) is 32.3 Å². The molecule has 3 rings (SSSR count). The van der Waals surface area contributed by atoms with Crippen LogP contribution in [-0.2, 0) is 26.0 Å². The van der Waals surface area contributed by atoms with Crippen molar-refractivity contribution < 1.29 is 18.0 Å². The fourth-order valence-corrected chi connectivity index (χ4v) is 5.75. The van der Waals surface area contributed by atoms with Gasteiger partial charge in [-0.1, -0.05) is 80.0 Å². The summed E-state index contributed by atoms with van der Waals surface area (Å²) in [6.45, 7) is 4.07. The number of amides is 2. The second-order valence-corrected chi connectivity index (χ2v) is 11.1. The standard InChI is InChI=1S/C29H34ClN3O4S/c1-3-19-31-29(35)27(4-2)32(20-18-23-12-7-5-8-13-23)28(34)22-33(25-15-11-14-24(30)21-25)38(36,37)26-16-9-6-10-17-26/h5-17,21,27H,3-4,18-20,22H2,1-2H3,(H,31,35). The quantitative estimate of drug-likeness (QED) is 0.324. The summed E-state index contributed by atoms with van der Waals surface area (Å²) in [6.07, 6.45) is 1.67. The Bertz CT molecular complexity index is 1300. The third-order valence-electron chi connectivity index (χ3n) is 6.13. The maximum atomic E-state index is 13.9. The van der Waals surface area contributed by atoms with E-state index < -0.39 is 28.5 Å². The Hall–Kier alpha value is -3.36. The number of hydrogen-bond acceptors (Lipinski definition) is 4. The molecule has 0 bridgehead atoms. The summed E-state index contributed by atoms with van der Waals surface area (Å²) in [6, 6.07) is 23.2. The fourth-order valence-electron chi connectivity index (χ4n) is 4.14. The number of carbonyl (C=O) groups excluding carboxylic acids is 2. The Morgan fingerprint density at radius 2 is 1.58 bits per heavy atom. The van der Waals surface area contributed by atoms with E-state index in [9.17, 15) is 18.0 Å². The Morgan fingerprint density at radius 3 is 2.18 bits per heavy atom. The van der Waals surface area contributed by atoms with E-state index in [0.29, 0.717) is 24.4 Å². The SMILES string of the molecule is CCCNC(=O)C(CC)N(CCc1ccccc1)C(=O)CN(c1cccc(Cl)c1)S(=O)(=O)c1ccccc1. The predicted octanol–water partition coefficient (Wildman–Crippen LogP) is 4.91. The molecule has 7 nitrogen and oxygen atoms in total. The molecule has 38 heavy (non-hydrogen) atoms. The van der Waals surface area contributed by atoms with Crippen LogP contribution < -0.4 is 9.62 Å². The Morgan fingerprint density at radius 1 is 0.921 bits per heavy atom. The molecule has 0 aromatic heterocycles. The smallest absolute Gasteiger partial charge is 0.264 e. The number of nitrogens with zero attached hydrogens (tertiary/aromatic N) is 2. The molecule has 3 aromatic rings. The first-order chi connectivity index (χ1) is 18.3. The fraction of sp³-hybridized carbons (Fsp3) is 0.310. The Labute approximate surface area is 230 Å². The maximum Gasteiger partial charge on any atom is 0.264 e. The number of halogens is 1. The van der Waals surface area contributed by atoms with Gasteiger partial charge in [0.25, 0.3) is 10.0 Å². The van der Waals surface area contributed by atoms with Gasteiger partial charge in [0.05, 0.1) is 10.6 Å². The minimum atomic E-state index is -4.11. The summed E-state index contributed by atoms with van der Waals surface area (Å²) in [7, 11) is -4.11. The molecule has 0 heterocycles. The molecule has 9 heteroatoms. The van der Waals surface area contributed by atoms with Crippen LogP contribution in [0.3, 0.4) is 0 Å². The van der Waals surface area contributed by atoms with E-state index in [1.165, 1.54) is 23.1 Å². The summed E-state index contributed by atoms with van der Waals surface area (Å²) in [5.41, 5.74) is 1.28. The number of sulfonamides is 1. The van der Waals surface area contributed by atoms with E-state index in [1.807, 2.05) is 44.2 Å². The third kappa shape index (κ3) is 7.58. The van der Waals surface area contributed by atoms with E-state index in [4.69, 9.17) is 11.6 Å².